The molecule has 1 atom stereocenters. The molecule has 1 unspecified atom stereocenters. The molecular formula is C17H23FN2. The van der Waals surface area contributed by atoms with Gasteiger partial charge in [0.15, 0.2) is 0 Å². The molecule has 1 aliphatic heterocycles. The van der Waals surface area contributed by atoms with Crippen molar-refractivity contribution in [3.05, 3.63) is 35.1 Å². The van der Waals surface area contributed by atoms with Crippen LogP contribution in [-0.2, 0) is 6.54 Å². The van der Waals surface area contributed by atoms with Gasteiger partial charge in [0, 0.05) is 18.7 Å². The maximum absolute atomic E-state index is 13.6. The summed E-state index contributed by atoms with van der Waals surface area (Å²) in [6, 6.07) is 5.05. The Hall–Kier alpha value is -1.37. The summed E-state index contributed by atoms with van der Waals surface area (Å²) in [5.41, 5.74) is 7.07. The molecule has 3 heteroatoms. The van der Waals surface area contributed by atoms with Crippen LogP contribution in [-0.4, -0.2) is 24.5 Å². The summed E-state index contributed by atoms with van der Waals surface area (Å²) in [4.78, 5) is 2.41. The van der Waals surface area contributed by atoms with E-state index in [1.165, 1.54) is 25.3 Å². The highest BCUT2D eigenvalue weighted by atomic mass is 19.1. The van der Waals surface area contributed by atoms with Crippen molar-refractivity contribution in [2.75, 3.05) is 19.6 Å². The zero-order valence-electron chi connectivity index (χ0n) is 12.2. The van der Waals surface area contributed by atoms with Gasteiger partial charge >= 0.3 is 0 Å². The Balaban J connectivity index is 2.01. The van der Waals surface area contributed by atoms with Crippen LogP contribution < -0.4 is 5.73 Å². The number of nitrogens with zero attached hydrogens (tertiary/aromatic N) is 1. The molecule has 0 aromatic heterocycles. The molecule has 0 bridgehead atoms. The SMILES string of the molecule is CCCC1CCN(Cc2cc(F)cc(C#CCN)c2)C1. The lowest BCUT2D eigenvalue weighted by Gasteiger charge is -2.16. The van der Waals surface area contributed by atoms with Crippen LogP contribution in [0.4, 0.5) is 4.39 Å². The van der Waals surface area contributed by atoms with E-state index in [4.69, 9.17) is 5.73 Å². The van der Waals surface area contributed by atoms with E-state index in [2.05, 4.69) is 23.7 Å². The predicted molar refractivity (Wildman–Crippen MR) is 80.6 cm³/mol. The molecule has 2 nitrogen and oxygen atoms in total. The zero-order chi connectivity index (χ0) is 14.4. The van der Waals surface area contributed by atoms with Crippen LogP contribution in [0.1, 0.15) is 37.3 Å². The molecule has 1 heterocycles. The smallest absolute Gasteiger partial charge is 0.124 e. The van der Waals surface area contributed by atoms with Gasteiger partial charge in [0.2, 0.25) is 0 Å². The first-order valence-corrected chi connectivity index (χ1v) is 7.42. The van der Waals surface area contributed by atoms with E-state index >= 15 is 0 Å². The van der Waals surface area contributed by atoms with Crippen molar-refractivity contribution in [2.45, 2.75) is 32.7 Å². The minimum Gasteiger partial charge on any atom is -0.320 e. The van der Waals surface area contributed by atoms with Crippen molar-refractivity contribution in [2.24, 2.45) is 11.7 Å². The van der Waals surface area contributed by atoms with Gasteiger partial charge in [-0.3, -0.25) is 4.90 Å². The third-order valence-electron chi connectivity index (χ3n) is 3.77. The molecule has 2 N–H and O–H groups in total. The van der Waals surface area contributed by atoms with Crippen molar-refractivity contribution >= 4 is 0 Å². The van der Waals surface area contributed by atoms with Crippen molar-refractivity contribution in [3.8, 4) is 11.8 Å². The molecule has 2 rings (SSSR count). The molecule has 0 saturated carbocycles. The van der Waals surface area contributed by atoms with Crippen LogP contribution in [0.2, 0.25) is 0 Å². The molecule has 20 heavy (non-hydrogen) atoms. The van der Waals surface area contributed by atoms with E-state index < -0.39 is 0 Å². The van der Waals surface area contributed by atoms with Crippen molar-refractivity contribution in [1.29, 1.82) is 0 Å². The molecular weight excluding hydrogens is 251 g/mol. The monoisotopic (exact) mass is 274 g/mol. The lowest BCUT2D eigenvalue weighted by molar-refractivity contribution is 0.312. The number of rotatable bonds is 4. The summed E-state index contributed by atoms with van der Waals surface area (Å²) in [7, 11) is 0. The fourth-order valence-corrected chi connectivity index (χ4v) is 2.93. The minimum absolute atomic E-state index is 0.215. The van der Waals surface area contributed by atoms with Gasteiger partial charge in [-0.05, 0) is 49.1 Å². The average molecular weight is 274 g/mol. The van der Waals surface area contributed by atoms with Gasteiger partial charge in [0.05, 0.1) is 6.54 Å². The predicted octanol–water partition coefficient (Wildman–Crippen LogP) is 2.76. The Labute approximate surface area is 121 Å². The average Bonchev–Trinajstić information content (AvgIpc) is 2.83. The molecule has 0 radical (unpaired) electrons. The quantitative estimate of drug-likeness (QED) is 0.855. The van der Waals surface area contributed by atoms with E-state index in [1.807, 2.05) is 6.07 Å². The lowest BCUT2D eigenvalue weighted by Crippen LogP contribution is -2.20. The first-order chi connectivity index (χ1) is 9.71. The maximum atomic E-state index is 13.6. The van der Waals surface area contributed by atoms with E-state index in [1.54, 1.807) is 6.07 Å². The number of nitrogens with two attached hydrogens (primary N) is 1. The molecule has 0 aliphatic carbocycles. The number of hydrogen-bond donors (Lipinski definition) is 1. The Bertz CT molecular complexity index is 501. The van der Waals surface area contributed by atoms with Gasteiger partial charge in [-0.15, -0.1) is 0 Å². The van der Waals surface area contributed by atoms with Crippen molar-refractivity contribution < 1.29 is 4.39 Å². The first-order valence-electron chi connectivity index (χ1n) is 7.42. The van der Waals surface area contributed by atoms with Gasteiger partial charge < -0.3 is 5.73 Å². The van der Waals surface area contributed by atoms with Crippen LogP contribution in [0.25, 0.3) is 0 Å². The minimum atomic E-state index is -0.215. The Morgan fingerprint density at radius 3 is 3.00 bits per heavy atom. The standard InChI is InChI=1S/C17H23FN2/c1-2-4-14-6-8-20(12-14)13-16-9-15(5-3-7-19)10-17(18)11-16/h9-11,14H,2,4,6-8,12-13,19H2,1H3. The van der Waals surface area contributed by atoms with E-state index in [0.717, 1.165) is 36.7 Å². The molecule has 1 fully saturated rings. The van der Waals surface area contributed by atoms with Crippen LogP contribution in [0.5, 0.6) is 0 Å². The summed E-state index contributed by atoms with van der Waals surface area (Å²) in [5.74, 6) is 6.28. The van der Waals surface area contributed by atoms with Crippen molar-refractivity contribution in [3.63, 3.8) is 0 Å². The summed E-state index contributed by atoms with van der Waals surface area (Å²) in [6.45, 7) is 5.60. The zero-order valence-corrected chi connectivity index (χ0v) is 12.2. The Kier molecular flexibility index (Phi) is 5.58. The van der Waals surface area contributed by atoms with Crippen LogP contribution in [0.3, 0.4) is 0 Å². The second-order valence-corrected chi connectivity index (χ2v) is 5.53. The summed E-state index contributed by atoms with van der Waals surface area (Å²) in [5, 5.41) is 0. The maximum Gasteiger partial charge on any atom is 0.124 e. The topological polar surface area (TPSA) is 29.3 Å². The normalized spacial score (nSPS) is 18.9. The van der Waals surface area contributed by atoms with Gasteiger partial charge in [0.1, 0.15) is 5.82 Å². The highest BCUT2D eigenvalue weighted by Crippen LogP contribution is 2.23. The number of likely N-dealkylation sites (tertiary alicyclic amines) is 1. The Morgan fingerprint density at radius 1 is 1.40 bits per heavy atom. The molecule has 1 aromatic carbocycles. The summed E-state index contributed by atoms with van der Waals surface area (Å²) >= 11 is 0. The van der Waals surface area contributed by atoms with E-state index in [9.17, 15) is 4.39 Å². The fourth-order valence-electron chi connectivity index (χ4n) is 2.93. The third-order valence-corrected chi connectivity index (χ3v) is 3.77. The number of benzene rings is 1. The molecule has 0 spiro atoms. The van der Waals surface area contributed by atoms with Crippen molar-refractivity contribution in [1.82, 2.24) is 4.90 Å². The van der Waals surface area contributed by atoms with Crippen LogP contribution in [0, 0.1) is 23.6 Å². The van der Waals surface area contributed by atoms with Crippen LogP contribution in [0.15, 0.2) is 18.2 Å². The second-order valence-electron chi connectivity index (χ2n) is 5.53. The molecule has 1 saturated heterocycles. The first kappa shape index (κ1) is 15.0. The Morgan fingerprint density at radius 2 is 2.25 bits per heavy atom. The lowest BCUT2D eigenvalue weighted by atomic mass is 10.0. The third kappa shape index (κ3) is 4.33. The van der Waals surface area contributed by atoms with Crippen LogP contribution >= 0.6 is 0 Å². The number of halogens is 1. The highest BCUT2D eigenvalue weighted by Gasteiger charge is 2.21. The van der Waals surface area contributed by atoms with E-state index in [0.29, 0.717) is 6.54 Å². The number of hydrogen-bond acceptors (Lipinski definition) is 2. The summed E-state index contributed by atoms with van der Waals surface area (Å²) in [6.07, 6.45) is 3.81. The van der Waals surface area contributed by atoms with Gasteiger partial charge in [-0.1, -0.05) is 25.2 Å². The molecule has 1 aliphatic rings. The largest absolute Gasteiger partial charge is 0.320 e. The molecule has 108 valence electrons. The van der Waals surface area contributed by atoms with E-state index in [-0.39, 0.29) is 5.82 Å². The fraction of sp³-hybridized carbons (Fsp3) is 0.529. The van der Waals surface area contributed by atoms with Gasteiger partial charge in [-0.2, -0.15) is 0 Å². The molecule has 0 amide bonds. The second kappa shape index (κ2) is 7.42. The summed E-state index contributed by atoms with van der Waals surface area (Å²) < 4.78 is 13.6. The molecule has 1 aromatic rings. The van der Waals surface area contributed by atoms with Gasteiger partial charge in [0.25, 0.3) is 0 Å². The highest BCUT2D eigenvalue weighted by molar-refractivity contribution is 5.38. The van der Waals surface area contributed by atoms with Gasteiger partial charge in [-0.25, -0.2) is 4.39 Å².